The summed E-state index contributed by atoms with van der Waals surface area (Å²) in [6.45, 7) is 0. The number of amides is 1. The van der Waals surface area contributed by atoms with E-state index in [1.165, 1.54) is 18.2 Å². The second kappa shape index (κ2) is 7.13. The zero-order chi connectivity index (χ0) is 18.1. The lowest BCUT2D eigenvalue weighted by Gasteiger charge is -2.14. The van der Waals surface area contributed by atoms with Gasteiger partial charge in [-0.15, -0.1) is 0 Å². The summed E-state index contributed by atoms with van der Waals surface area (Å²) < 4.78 is 0.203. The van der Waals surface area contributed by atoms with E-state index in [4.69, 9.17) is 35.4 Å². The fourth-order valence-electron chi connectivity index (χ4n) is 2.26. The van der Waals surface area contributed by atoms with Gasteiger partial charge in [0.25, 0.3) is 11.6 Å². The van der Waals surface area contributed by atoms with Crippen LogP contribution in [0.5, 0.6) is 0 Å². The Hall–Kier alpha value is -1.93. The molecule has 1 heterocycles. The van der Waals surface area contributed by atoms with Crippen LogP contribution < -0.4 is 4.90 Å². The van der Waals surface area contributed by atoms with E-state index in [-0.39, 0.29) is 20.6 Å². The number of halogens is 2. The first-order valence-electron chi connectivity index (χ1n) is 6.85. The number of rotatable bonds is 3. The number of carbonyl (C=O) groups is 1. The van der Waals surface area contributed by atoms with Gasteiger partial charge in [0.2, 0.25) is 0 Å². The molecule has 3 rings (SSSR count). The summed E-state index contributed by atoms with van der Waals surface area (Å²) in [6, 6.07) is 10.9. The second-order valence-electron chi connectivity index (χ2n) is 4.90. The summed E-state index contributed by atoms with van der Waals surface area (Å²) in [5.74, 6) is -0.458. The molecule has 1 saturated heterocycles. The average molecular weight is 411 g/mol. The zero-order valence-electron chi connectivity index (χ0n) is 12.3. The molecule has 126 valence electrons. The van der Waals surface area contributed by atoms with Crippen molar-refractivity contribution in [1.29, 1.82) is 0 Å². The van der Waals surface area contributed by atoms with Gasteiger partial charge in [0, 0.05) is 21.7 Å². The molecule has 1 aliphatic heterocycles. The van der Waals surface area contributed by atoms with Gasteiger partial charge in [-0.05, 0) is 24.3 Å². The Morgan fingerprint density at radius 3 is 2.40 bits per heavy atom. The Morgan fingerprint density at radius 2 is 1.76 bits per heavy atom. The number of carbonyl (C=O) groups excluding carboxylic acids is 1. The van der Waals surface area contributed by atoms with Crippen molar-refractivity contribution >= 4 is 74.9 Å². The van der Waals surface area contributed by atoms with Gasteiger partial charge in [0.15, 0.2) is 4.32 Å². The topological polar surface area (TPSA) is 63.5 Å². The third-order valence-corrected chi connectivity index (χ3v) is 5.35. The van der Waals surface area contributed by atoms with Gasteiger partial charge >= 0.3 is 0 Å². The maximum absolute atomic E-state index is 12.8. The molecule has 0 aliphatic carbocycles. The van der Waals surface area contributed by atoms with Crippen LogP contribution in [-0.2, 0) is 4.79 Å². The first-order valence-corrected chi connectivity index (χ1v) is 8.83. The van der Waals surface area contributed by atoms with Gasteiger partial charge in [-0.1, -0.05) is 65.4 Å². The molecular formula is C16H8Cl2N2O3S2. The van der Waals surface area contributed by atoms with E-state index in [1.807, 2.05) is 0 Å². The predicted molar refractivity (Wildman–Crippen MR) is 105 cm³/mol. The smallest absolute Gasteiger partial charge is 0.268 e. The van der Waals surface area contributed by atoms with Crippen molar-refractivity contribution in [3.05, 3.63) is 73.1 Å². The number of hydrogen-bond donors (Lipinski definition) is 0. The molecule has 0 radical (unpaired) electrons. The van der Waals surface area contributed by atoms with Crippen molar-refractivity contribution in [2.45, 2.75) is 0 Å². The number of thiocarbonyl (C=S) groups is 1. The molecule has 1 amide bonds. The number of anilines is 1. The molecular weight excluding hydrogens is 403 g/mol. The van der Waals surface area contributed by atoms with E-state index >= 15 is 0 Å². The van der Waals surface area contributed by atoms with Crippen molar-refractivity contribution in [2.24, 2.45) is 0 Å². The molecule has 0 saturated carbocycles. The van der Waals surface area contributed by atoms with Gasteiger partial charge in [0.1, 0.15) is 5.69 Å². The van der Waals surface area contributed by atoms with Crippen molar-refractivity contribution in [2.75, 3.05) is 4.90 Å². The summed E-state index contributed by atoms with van der Waals surface area (Å²) in [5, 5.41) is 12.0. The second-order valence-corrected chi connectivity index (χ2v) is 7.39. The van der Waals surface area contributed by atoms with Crippen molar-refractivity contribution in [3.63, 3.8) is 0 Å². The number of thioether (sulfide) groups is 1. The molecule has 5 nitrogen and oxygen atoms in total. The van der Waals surface area contributed by atoms with Crippen LogP contribution >= 0.6 is 47.2 Å². The van der Waals surface area contributed by atoms with Crippen LogP contribution in [0.25, 0.3) is 6.08 Å². The first kappa shape index (κ1) is 17.9. The SMILES string of the molecule is O=C1/C(=C/c2c(Cl)cccc2Cl)SC(=S)N1c1ccccc1[N+](=O)[O-]. The van der Waals surface area contributed by atoms with Gasteiger partial charge in [0.05, 0.1) is 9.83 Å². The Balaban J connectivity index is 2.05. The number of hydrogen-bond acceptors (Lipinski definition) is 5. The first-order chi connectivity index (χ1) is 11.9. The summed E-state index contributed by atoms with van der Waals surface area (Å²) in [6.07, 6.45) is 1.54. The molecule has 0 N–H and O–H groups in total. The molecule has 2 aromatic carbocycles. The molecule has 0 bridgehead atoms. The summed E-state index contributed by atoms with van der Waals surface area (Å²) >= 11 is 18.5. The standard InChI is InChI=1S/C16H8Cl2N2O3S2/c17-10-4-3-5-11(18)9(10)8-14-15(21)19(16(24)25-14)12-6-1-2-7-13(12)20(22)23/h1-8H/b14-8-. The third-order valence-electron chi connectivity index (χ3n) is 3.39. The van der Waals surface area contributed by atoms with Crippen LogP contribution in [0.3, 0.4) is 0 Å². The van der Waals surface area contributed by atoms with Crippen LogP contribution in [0, 0.1) is 10.1 Å². The van der Waals surface area contributed by atoms with E-state index in [9.17, 15) is 14.9 Å². The Labute approximate surface area is 162 Å². The van der Waals surface area contributed by atoms with Crippen molar-refractivity contribution in [1.82, 2.24) is 0 Å². The summed E-state index contributed by atoms with van der Waals surface area (Å²) in [4.78, 5) is 24.9. The molecule has 25 heavy (non-hydrogen) atoms. The minimum absolute atomic E-state index is 0.128. The quantitative estimate of drug-likeness (QED) is 0.297. The molecule has 2 aromatic rings. The third kappa shape index (κ3) is 3.41. The van der Waals surface area contributed by atoms with Crippen LogP contribution in [0.15, 0.2) is 47.4 Å². The van der Waals surface area contributed by atoms with E-state index in [0.717, 1.165) is 16.7 Å². The molecule has 1 fully saturated rings. The number of nitrogens with zero attached hydrogens (tertiary/aromatic N) is 2. The van der Waals surface area contributed by atoms with Gasteiger partial charge in [-0.25, -0.2) is 0 Å². The Bertz CT molecular complexity index is 926. The average Bonchev–Trinajstić information content (AvgIpc) is 2.85. The number of benzene rings is 2. The maximum Gasteiger partial charge on any atom is 0.293 e. The highest BCUT2D eigenvalue weighted by molar-refractivity contribution is 8.27. The highest BCUT2D eigenvalue weighted by atomic mass is 35.5. The highest BCUT2D eigenvalue weighted by Gasteiger charge is 2.36. The van der Waals surface area contributed by atoms with E-state index in [1.54, 1.807) is 30.3 Å². The number of para-hydroxylation sites is 2. The lowest BCUT2D eigenvalue weighted by Crippen LogP contribution is -2.28. The highest BCUT2D eigenvalue weighted by Crippen LogP contribution is 2.40. The lowest BCUT2D eigenvalue weighted by atomic mass is 10.2. The van der Waals surface area contributed by atoms with Gasteiger partial charge in [-0.2, -0.15) is 0 Å². The van der Waals surface area contributed by atoms with Crippen molar-refractivity contribution in [3.8, 4) is 0 Å². The van der Waals surface area contributed by atoms with Crippen molar-refractivity contribution < 1.29 is 9.72 Å². The van der Waals surface area contributed by atoms with E-state index < -0.39 is 10.8 Å². The molecule has 0 unspecified atom stereocenters. The monoisotopic (exact) mass is 410 g/mol. The number of nitro groups is 1. The molecule has 9 heteroatoms. The van der Waals surface area contributed by atoms with Crippen LogP contribution in [-0.4, -0.2) is 15.2 Å². The minimum atomic E-state index is -0.553. The fourth-order valence-corrected chi connectivity index (χ4v) is 4.04. The Kier molecular flexibility index (Phi) is 5.10. The summed E-state index contributed by atoms with van der Waals surface area (Å²) in [7, 11) is 0. The molecule has 1 aliphatic rings. The maximum atomic E-state index is 12.8. The largest absolute Gasteiger partial charge is 0.293 e. The Morgan fingerprint density at radius 1 is 1.12 bits per heavy atom. The zero-order valence-corrected chi connectivity index (χ0v) is 15.5. The lowest BCUT2D eigenvalue weighted by molar-refractivity contribution is -0.384. The van der Waals surface area contributed by atoms with Gasteiger partial charge < -0.3 is 0 Å². The number of nitro benzene ring substituents is 1. The fraction of sp³-hybridized carbons (Fsp3) is 0. The van der Waals surface area contributed by atoms with E-state index in [2.05, 4.69) is 0 Å². The van der Waals surface area contributed by atoms with Crippen LogP contribution in [0.1, 0.15) is 5.56 Å². The van der Waals surface area contributed by atoms with E-state index in [0.29, 0.717) is 15.6 Å². The predicted octanol–water partition coefficient (Wildman–Crippen LogP) is 5.31. The molecule has 0 atom stereocenters. The van der Waals surface area contributed by atoms with Crippen LogP contribution in [0.4, 0.5) is 11.4 Å². The summed E-state index contributed by atoms with van der Waals surface area (Å²) in [5.41, 5.74) is 0.424. The van der Waals surface area contributed by atoms with Crippen LogP contribution in [0.2, 0.25) is 10.0 Å². The normalized spacial score (nSPS) is 15.9. The minimum Gasteiger partial charge on any atom is -0.268 e. The molecule has 0 aromatic heterocycles. The van der Waals surface area contributed by atoms with Gasteiger partial charge in [-0.3, -0.25) is 19.8 Å². The molecule has 0 spiro atoms.